The molecule has 1 aromatic rings. The predicted octanol–water partition coefficient (Wildman–Crippen LogP) is 1.24. The first kappa shape index (κ1) is 11.6. The van der Waals surface area contributed by atoms with Crippen molar-refractivity contribution in [1.82, 2.24) is 15.0 Å². The van der Waals surface area contributed by atoms with Gasteiger partial charge in [-0.15, -0.1) is 0 Å². The van der Waals surface area contributed by atoms with Crippen LogP contribution in [0.15, 0.2) is 4.52 Å². The summed E-state index contributed by atoms with van der Waals surface area (Å²) in [6, 6.07) is 0. The molecule has 2 heterocycles. The number of carboxylic acid groups (broad SMARTS) is 1. The van der Waals surface area contributed by atoms with Gasteiger partial charge in [-0.3, -0.25) is 9.69 Å². The topological polar surface area (TPSA) is 79.5 Å². The van der Waals surface area contributed by atoms with Gasteiger partial charge in [0.1, 0.15) is 0 Å². The molecule has 1 saturated carbocycles. The highest BCUT2D eigenvalue weighted by Gasteiger charge is 2.30. The largest absolute Gasteiger partial charge is 0.481 e. The third kappa shape index (κ3) is 2.69. The average Bonchev–Trinajstić information content (AvgIpc) is 2.92. The van der Waals surface area contributed by atoms with Gasteiger partial charge in [-0.05, 0) is 31.7 Å². The van der Waals surface area contributed by atoms with Gasteiger partial charge in [-0.2, -0.15) is 4.98 Å². The highest BCUT2D eigenvalue weighted by Crippen LogP contribution is 2.38. The highest BCUT2D eigenvalue weighted by atomic mass is 16.5. The second kappa shape index (κ2) is 4.68. The smallest absolute Gasteiger partial charge is 0.303 e. The van der Waals surface area contributed by atoms with Crippen LogP contribution in [0.5, 0.6) is 0 Å². The minimum absolute atomic E-state index is 0.258. The summed E-state index contributed by atoms with van der Waals surface area (Å²) in [7, 11) is 0. The molecule has 1 atom stereocenters. The number of hydrogen-bond acceptors (Lipinski definition) is 5. The Labute approximate surface area is 105 Å². The van der Waals surface area contributed by atoms with Gasteiger partial charge in [-0.25, -0.2) is 0 Å². The molecule has 6 heteroatoms. The normalized spacial score (nSPS) is 24.6. The molecule has 1 unspecified atom stereocenters. The predicted molar refractivity (Wildman–Crippen MR) is 61.9 cm³/mol. The maximum absolute atomic E-state index is 10.6. The zero-order valence-corrected chi connectivity index (χ0v) is 10.2. The van der Waals surface area contributed by atoms with Crippen LogP contribution in [0.4, 0.5) is 0 Å². The standard InChI is InChI=1S/C12H17N3O3/c16-11(17)5-8-3-4-15(6-8)7-10-13-12(14-18-10)9-1-2-9/h8-9H,1-7H2,(H,16,17). The first-order valence-corrected chi connectivity index (χ1v) is 6.47. The zero-order valence-electron chi connectivity index (χ0n) is 10.2. The lowest BCUT2D eigenvalue weighted by Crippen LogP contribution is -2.21. The Morgan fingerprint density at radius 2 is 2.28 bits per heavy atom. The molecule has 0 bridgehead atoms. The van der Waals surface area contributed by atoms with Crippen molar-refractivity contribution in [2.75, 3.05) is 13.1 Å². The fourth-order valence-corrected chi connectivity index (χ4v) is 2.50. The molecule has 2 aliphatic rings. The average molecular weight is 251 g/mol. The molecule has 1 aliphatic heterocycles. The van der Waals surface area contributed by atoms with E-state index in [1.54, 1.807) is 0 Å². The number of rotatable bonds is 5. The quantitative estimate of drug-likeness (QED) is 0.848. The van der Waals surface area contributed by atoms with Crippen LogP contribution in [0.25, 0.3) is 0 Å². The Morgan fingerprint density at radius 1 is 1.44 bits per heavy atom. The summed E-state index contributed by atoms with van der Waals surface area (Å²) in [5.41, 5.74) is 0. The molecule has 0 radical (unpaired) electrons. The molecule has 0 spiro atoms. The third-order valence-electron chi connectivity index (χ3n) is 3.62. The fraction of sp³-hybridized carbons (Fsp3) is 0.750. The Kier molecular flexibility index (Phi) is 3.03. The molecular weight excluding hydrogens is 234 g/mol. The van der Waals surface area contributed by atoms with Crippen LogP contribution >= 0.6 is 0 Å². The van der Waals surface area contributed by atoms with E-state index in [2.05, 4.69) is 15.0 Å². The Morgan fingerprint density at radius 3 is 3.00 bits per heavy atom. The lowest BCUT2D eigenvalue weighted by Gasteiger charge is -2.12. The van der Waals surface area contributed by atoms with E-state index in [9.17, 15) is 4.79 Å². The lowest BCUT2D eigenvalue weighted by atomic mass is 10.1. The lowest BCUT2D eigenvalue weighted by molar-refractivity contribution is -0.138. The summed E-state index contributed by atoms with van der Waals surface area (Å²) in [6.45, 7) is 2.38. The van der Waals surface area contributed by atoms with E-state index in [0.29, 0.717) is 18.4 Å². The van der Waals surface area contributed by atoms with E-state index in [1.807, 2.05) is 0 Å². The van der Waals surface area contributed by atoms with Gasteiger partial charge < -0.3 is 9.63 Å². The molecule has 18 heavy (non-hydrogen) atoms. The molecule has 1 N–H and O–H groups in total. The van der Waals surface area contributed by atoms with E-state index in [1.165, 1.54) is 12.8 Å². The summed E-state index contributed by atoms with van der Waals surface area (Å²) in [6.07, 6.45) is 3.54. The van der Waals surface area contributed by atoms with Gasteiger partial charge >= 0.3 is 5.97 Å². The van der Waals surface area contributed by atoms with E-state index in [0.717, 1.165) is 25.3 Å². The van der Waals surface area contributed by atoms with Crippen LogP contribution in [0, 0.1) is 5.92 Å². The second-order valence-corrected chi connectivity index (χ2v) is 5.31. The van der Waals surface area contributed by atoms with E-state index >= 15 is 0 Å². The Bertz CT molecular complexity index is 442. The van der Waals surface area contributed by atoms with E-state index < -0.39 is 5.97 Å². The SMILES string of the molecule is O=C(O)CC1CCN(Cc2nc(C3CC3)no2)C1. The number of aliphatic carboxylic acids is 1. The minimum atomic E-state index is -0.712. The van der Waals surface area contributed by atoms with Crippen molar-refractivity contribution in [2.24, 2.45) is 5.92 Å². The highest BCUT2D eigenvalue weighted by molar-refractivity contribution is 5.67. The number of hydrogen-bond donors (Lipinski definition) is 1. The third-order valence-corrected chi connectivity index (χ3v) is 3.62. The monoisotopic (exact) mass is 251 g/mol. The summed E-state index contributed by atoms with van der Waals surface area (Å²) in [4.78, 5) is 17.2. The van der Waals surface area contributed by atoms with Gasteiger partial charge in [0.15, 0.2) is 5.82 Å². The zero-order chi connectivity index (χ0) is 12.5. The van der Waals surface area contributed by atoms with Crippen molar-refractivity contribution in [1.29, 1.82) is 0 Å². The van der Waals surface area contributed by atoms with Crippen molar-refractivity contribution in [2.45, 2.75) is 38.1 Å². The summed E-state index contributed by atoms with van der Waals surface area (Å²) in [5, 5.41) is 12.7. The maximum Gasteiger partial charge on any atom is 0.303 e. The number of likely N-dealkylation sites (tertiary alicyclic amines) is 1. The number of carbonyl (C=O) groups is 1. The molecule has 98 valence electrons. The molecule has 0 aromatic carbocycles. The van der Waals surface area contributed by atoms with Crippen molar-refractivity contribution >= 4 is 5.97 Å². The summed E-state index contributed by atoms with van der Waals surface area (Å²) in [5.74, 6) is 1.56. The summed E-state index contributed by atoms with van der Waals surface area (Å²) >= 11 is 0. The molecule has 2 fully saturated rings. The van der Waals surface area contributed by atoms with Crippen molar-refractivity contribution in [3.63, 3.8) is 0 Å². The van der Waals surface area contributed by atoms with Gasteiger partial charge in [-0.1, -0.05) is 5.16 Å². The van der Waals surface area contributed by atoms with Crippen LogP contribution in [0.2, 0.25) is 0 Å². The van der Waals surface area contributed by atoms with Crippen LogP contribution in [0.1, 0.15) is 43.3 Å². The molecule has 1 aliphatic carbocycles. The molecule has 6 nitrogen and oxygen atoms in total. The summed E-state index contributed by atoms with van der Waals surface area (Å²) < 4.78 is 5.23. The molecule has 3 rings (SSSR count). The van der Waals surface area contributed by atoms with Crippen molar-refractivity contribution < 1.29 is 14.4 Å². The van der Waals surface area contributed by atoms with Crippen LogP contribution in [0.3, 0.4) is 0 Å². The Balaban J connectivity index is 1.52. The Hall–Kier alpha value is -1.43. The minimum Gasteiger partial charge on any atom is -0.481 e. The molecule has 1 aromatic heterocycles. The van der Waals surface area contributed by atoms with Crippen LogP contribution in [-0.4, -0.2) is 39.2 Å². The number of nitrogens with zero attached hydrogens (tertiary/aromatic N) is 3. The van der Waals surface area contributed by atoms with Gasteiger partial charge in [0.05, 0.1) is 6.54 Å². The second-order valence-electron chi connectivity index (χ2n) is 5.31. The number of carboxylic acids is 1. The van der Waals surface area contributed by atoms with Crippen LogP contribution in [-0.2, 0) is 11.3 Å². The van der Waals surface area contributed by atoms with E-state index in [4.69, 9.17) is 9.63 Å². The van der Waals surface area contributed by atoms with Gasteiger partial charge in [0.2, 0.25) is 5.89 Å². The van der Waals surface area contributed by atoms with Crippen LogP contribution < -0.4 is 0 Å². The van der Waals surface area contributed by atoms with Gasteiger partial charge in [0, 0.05) is 18.9 Å². The van der Waals surface area contributed by atoms with Crippen molar-refractivity contribution in [3.8, 4) is 0 Å². The fourth-order valence-electron chi connectivity index (χ4n) is 2.50. The number of aromatic nitrogens is 2. The first-order chi connectivity index (χ1) is 8.70. The maximum atomic E-state index is 10.6. The first-order valence-electron chi connectivity index (χ1n) is 6.47. The molecule has 0 amide bonds. The molecular formula is C12H17N3O3. The van der Waals surface area contributed by atoms with E-state index in [-0.39, 0.29) is 12.3 Å². The van der Waals surface area contributed by atoms with Crippen molar-refractivity contribution in [3.05, 3.63) is 11.7 Å². The van der Waals surface area contributed by atoms with Gasteiger partial charge in [0.25, 0.3) is 0 Å². The molecule has 1 saturated heterocycles.